The number of nitrogens with zero attached hydrogens (tertiary/aromatic N) is 1. The van der Waals surface area contributed by atoms with Gasteiger partial charge in [0.15, 0.2) is 0 Å². The zero-order valence-electron chi connectivity index (χ0n) is 18.0. The van der Waals surface area contributed by atoms with Crippen LogP contribution in [0.15, 0.2) is 84.9 Å². The first-order valence-corrected chi connectivity index (χ1v) is 13.3. The molecule has 1 fully saturated rings. The number of ketones is 1. The van der Waals surface area contributed by atoms with Crippen LogP contribution in [0.3, 0.4) is 0 Å². The maximum atomic E-state index is 13.3. The minimum absolute atomic E-state index is 0.00405. The van der Waals surface area contributed by atoms with Gasteiger partial charge in [0.1, 0.15) is 0 Å². The van der Waals surface area contributed by atoms with E-state index in [1.54, 1.807) is 0 Å². The van der Waals surface area contributed by atoms with Crippen molar-refractivity contribution in [3.63, 3.8) is 0 Å². The molecule has 3 aromatic rings. The second-order valence-electron chi connectivity index (χ2n) is 8.32. The Balaban J connectivity index is 1.39. The molecule has 0 saturated carbocycles. The van der Waals surface area contributed by atoms with Crippen molar-refractivity contribution in [1.29, 1.82) is 0 Å². The average molecular weight is 513 g/mol. The van der Waals surface area contributed by atoms with Gasteiger partial charge in [-0.15, -0.1) is 0 Å². The number of aliphatic hydroxyl groups is 1. The third kappa shape index (κ3) is 5.89. The van der Waals surface area contributed by atoms with Crippen molar-refractivity contribution < 1.29 is 9.90 Å². The summed E-state index contributed by atoms with van der Waals surface area (Å²) >= 11 is 6.08. The number of carbonyl (C=O) groups is 1. The molecule has 0 bridgehead atoms. The molecule has 0 aromatic heterocycles. The van der Waals surface area contributed by atoms with Crippen molar-refractivity contribution in [2.24, 2.45) is 0 Å². The molecule has 1 aliphatic rings. The molecule has 0 aliphatic carbocycles. The van der Waals surface area contributed by atoms with Gasteiger partial charge in [-0.1, -0.05) is 0 Å². The molecule has 0 amide bonds. The monoisotopic (exact) mass is 513 g/mol. The normalized spacial score (nSPS) is 17.1. The Hall–Kier alpha value is -1.94. The Bertz CT molecular complexity index is 1000. The fraction of sp³-hybridized carbons (Fsp3) is 0.296. The van der Waals surface area contributed by atoms with Gasteiger partial charge in [-0.2, -0.15) is 0 Å². The van der Waals surface area contributed by atoms with Gasteiger partial charge in [0.25, 0.3) is 0 Å². The number of halogens is 1. The Kier molecular flexibility index (Phi) is 7.83. The van der Waals surface area contributed by atoms with Crippen LogP contribution in [0.2, 0.25) is 9.84 Å². The van der Waals surface area contributed by atoms with Gasteiger partial charge in [0.05, 0.1) is 0 Å². The number of hydrogen-bond donors (Lipinski definition) is 1. The van der Waals surface area contributed by atoms with Crippen molar-refractivity contribution >= 4 is 36.8 Å². The number of piperidine rings is 1. The number of likely N-dealkylation sites (tertiary alicyclic amines) is 1. The number of rotatable bonds is 8. The first-order chi connectivity index (χ1) is 15.5. The molecule has 0 radical (unpaired) electrons. The second-order valence-corrected chi connectivity index (χ2v) is 11.4. The van der Waals surface area contributed by atoms with Gasteiger partial charge in [-0.3, -0.25) is 0 Å². The molecule has 4 rings (SSSR count). The Morgan fingerprint density at radius 1 is 0.938 bits per heavy atom. The van der Waals surface area contributed by atoms with Gasteiger partial charge in [-0.05, 0) is 0 Å². The molecule has 32 heavy (non-hydrogen) atoms. The van der Waals surface area contributed by atoms with Crippen LogP contribution in [0, 0.1) is 0 Å². The van der Waals surface area contributed by atoms with E-state index in [0.29, 0.717) is 17.9 Å². The summed E-state index contributed by atoms with van der Waals surface area (Å²) in [5, 5.41) is 11.8. The van der Waals surface area contributed by atoms with E-state index < -0.39 is 5.60 Å². The molecule has 3 aromatic carbocycles. The first kappa shape index (κ1) is 23.2. The van der Waals surface area contributed by atoms with Crippen LogP contribution in [-0.4, -0.2) is 50.4 Å². The summed E-state index contributed by atoms with van der Waals surface area (Å²) in [6, 6.07) is 27.5. The zero-order valence-corrected chi connectivity index (χ0v) is 20.5. The first-order valence-electron chi connectivity index (χ1n) is 11.1. The van der Waals surface area contributed by atoms with Crippen molar-refractivity contribution in [3.8, 4) is 0 Å². The second kappa shape index (κ2) is 10.8. The summed E-state index contributed by atoms with van der Waals surface area (Å²) in [4.78, 5) is 15.7. The van der Waals surface area contributed by atoms with Crippen LogP contribution in [0.25, 0.3) is 0 Å². The molecule has 1 saturated heterocycles. The van der Waals surface area contributed by atoms with Crippen LogP contribution in [0.5, 0.6) is 0 Å². The molecule has 5 heteroatoms. The number of hydrogen-bond acceptors (Lipinski definition) is 3. The van der Waals surface area contributed by atoms with Gasteiger partial charge >= 0.3 is 202 Å². The van der Waals surface area contributed by atoms with Crippen LogP contribution in [0.1, 0.15) is 35.2 Å². The van der Waals surface area contributed by atoms with Crippen LogP contribution in [-0.2, 0) is 5.60 Å². The standard InChI is InChI=1S/C27H28ClNO2Se/c28-23-13-11-22(12-14-23)27(31)16-19-29(20-17-27)18-15-25(32-24-9-5-2-6-10-24)26(30)21-7-3-1-4-8-21/h1-14,25,31H,15-20H2. The number of carbonyl (C=O) groups excluding carboxylic acids is 1. The third-order valence-corrected chi connectivity index (χ3v) is 9.08. The molecule has 1 heterocycles. The van der Waals surface area contributed by atoms with Crippen molar-refractivity contribution in [3.05, 3.63) is 101 Å². The van der Waals surface area contributed by atoms with Crippen LogP contribution < -0.4 is 4.46 Å². The van der Waals surface area contributed by atoms with Crippen LogP contribution in [0.4, 0.5) is 0 Å². The topological polar surface area (TPSA) is 40.5 Å². The summed E-state index contributed by atoms with van der Waals surface area (Å²) in [6.45, 7) is 2.52. The summed E-state index contributed by atoms with van der Waals surface area (Å²) in [7, 11) is 0. The SMILES string of the molecule is O=C(c1ccccc1)C(CCN1CCC(O)(c2ccc(Cl)cc2)CC1)[Se]c1ccccc1. The molecule has 1 aliphatic heterocycles. The van der Waals surface area contributed by atoms with E-state index in [9.17, 15) is 9.90 Å². The van der Waals surface area contributed by atoms with E-state index in [4.69, 9.17) is 11.6 Å². The Labute approximate surface area is 201 Å². The van der Waals surface area contributed by atoms with E-state index in [-0.39, 0.29) is 25.6 Å². The molecule has 1 N–H and O–H groups in total. The maximum absolute atomic E-state index is 13.3. The Morgan fingerprint density at radius 3 is 2.16 bits per heavy atom. The van der Waals surface area contributed by atoms with Gasteiger partial charge < -0.3 is 0 Å². The summed E-state index contributed by atoms with van der Waals surface area (Å²) < 4.78 is 1.25. The summed E-state index contributed by atoms with van der Waals surface area (Å²) in [5.74, 6) is 0.240. The predicted molar refractivity (Wildman–Crippen MR) is 132 cm³/mol. The number of benzene rings is 3. The molecule has 0 spiro atoms. The van der Waals surface area contributed by atoms with Crippen molar-refractivity contribution in [2.45, 2.75) is 29.7 Å². The summed E-state index contributed by atoms with van der Waals surface area (Å²) in [5.41, 5.74) is 0.936. The van der Waals surface area contributed by atoms with Gasteiger partial charge in [0.2, 0.25) is 0 Å². The number of Topliss-reactive ketones (excluding diaryl/α,β-unsaturated/α-hetero) is 1. The van der Waals surface area contributed by atoms with E-state index in [0.717, 1.165) is 37.2 Å². The molecule has 1 atom stereocenters. The van der Waals surface area contributed by atoms with E-state index in [2.05, 4.69) is 17.0 Å². The molecule has 166 valence electrons. The van der Waals surface area contributed by atoms with Crippen molar-refractivity contribution in [2.75, 3.05) is 19.6 Å². The van der Waals surface area contributed by atoms with Gasteiger partial charge in [0, 0.05) is 0 Å². The fourth-order valence-electron chi connectivity index (χ4n) is 4.19. The fourth-order valence-corrected chi connectivity index (χ4v) is 6.64. The van der Waals surface area contributed by atoms with E-state index in [1.165, 1.54) is 4.46 Å². The Morgan fingerprint density at radius 2 is 1.53 bits per heavy atom. The van der Waals surface area contributed by atoms with Crippen LogP contribution >= 0.6 is 11.6 Å². The summed E-state index contributed by atoms with van der Waals surface area (Å²) in [6.07, 6.45) is 2.22. The van der Waals surface area contributed by atoms with Crippen molar-refractivity contribution in [1.82, 2.24) is 4.90 Å². The molecule has 1 unspecified atom stereocenters. The third-order valence-electron chi connectivity index (χ3n) is 6.14. The molecular weight excluding hydrogens is 485 g/mol. The average Bonchev–Trinajstić information content (AvgIpc) is 2.84. The molecule has 3 nitrogen and oxygen atoms in total. The quantitative estimate of drug-likeness (QED) is 0.351. The van der Waals surface area contributed by atoms with E-state index >= 15 is 0 Å². The zero-order chi connectivity index (χ0) is 22.4. The predicted octanol–water partition coefficient (Wildman–Crippen LogP) is 4.71. The van der Waals surface area contributed by atoms with E-state index in [1.807, 2.05) is 72.8 Å². The molecular formula is C27H28ClNO2Se. The minimum atomic E-state index is -0.797. The van der Waals surface area contributed by atoms with Gasteiger partial charge in [-0.25, -0.2) is 0 Å².